The summed E-state index contributed by atoms with van der Waals surface area (Å²) in [6.45, 7) is 5.22. The van der Waals surface area contributed by atoms with E-state index in [1.165, 1.54) is 5.19 Å². The Bertz CT molecular complexity index is 457. The van der Waals surface area contributed by atoms with Gasteiger partial charge >= 0.3 is 0 Å². The van der Waals surface area contributed by atoms with E-state index in [0.29, 0.717) is 18.6 Å². The lowest BCUT2D eigenvalue weighted by atomic mass is 10.1. The Labute approximate surface area is 108 Å². The molecule has 2 fully saturated rings. The van der Waals surface area contributed by atoms with Crippen LogP contribution in [0.25, 0.3) is 0 Å². The van der Waals surface area contributed by atoms with Crippen molar-refractivity contribution in [2.45, 2.75) is 37.5 Å². The van der Waals surface area contributed by atoms with Crippen LogP contribution in [0.3, 0.4) is 0 Å². The quantitative estimate of drug-likeness (QED) is 0.761. The van der Waals surface area contributed by atoms with Gasteiger partial charge in [0.15, 0.2) is 5.78 Å². The van der Waals surface area contributed by atoms with Gasteiger partial charge in [0.25, 0.3) is 0 Å². The number of rotatable bonds is 2. The van der Waals surface area contributed by atoms with Gasteiger partial charge in [-0.2, -0.15) is 0 Å². The predicted octanol–water partition coefficient (Wildman–Crippen LogP) is 1.69. The van der Waals surface area contributed by atoms with Crippen molar-refractivity contribution in [3.05, 3.63) is 30.3 Å². The molecule has 3 nitrogen and oxygen atoms in total. The Morgan fingerprint density at radius 3 is 2.67 bits per heavy atom. The van der Waals surface area contributed by atoms with Crippen LogP contribution in [0.5, 0.6) is 0 Å². The van der Waals surface area contributed by atoms with E-state index in [1.54, 1.807) is 0 Å². The number of carbonyl (C=O) groups is 1. The van der Waals surface area contributed by atoms with E-state index in [0.717, 1.165) is 0 Å². The smallest absolute Gasteiger partial charge is 0.218 e. The maximum atomic E-state index is 11.9. The molecule has 0 N–H and O–H groups in total. The monoisotopic (exact) mass is 262 g/mol. The van der Waals surface area contributed by atoms with Crippen LogP contribution >= 0.6 is 0 Å². The van der Waals surface area contributed by atoms with Gasteiger partial charge in [-0.3, -0.25) is 4.79 Å². The minimum Gasteiger partial charge on any atom is -0.343 e. The first-order chi connectivity index (χ1) is 8.59. The minimum absolute atomic E-state index is 0.106. The molecule has 2 aliphatic rings. The van der Waals surface area contributed by atoms with E-state index in [-0.39, 0.29) is 11.9 Å². The van der Waals surface area contributed by atoms with Crippen LogP contribution in [0.2, 0.25) is 18.6 Å². The second-order valence-corrected chi connectivity index (χ2v) is 10.5. The van der Waals surface area contributed by atoms with Crippen LogP contribution in [0.15, 0.2) is 30.3 Å². The fourth-order valence-electron chi connectivity index (χ4n) is 3.05. The van der Waals surface area contributed by atoms with Crippen LogP contribution in [0.1, 0.15) is 6.42 Å². The highest BCUT2D eigenvalue weighted by molar-refractivity contribution is 6.91. The number of ether oxygens (including phenoxy) is 2. The van der Waals surface area contributed by atoms with Crippen LogP contribution in [-0.4, -0.2) is 32.9 Å². The molecule has 0 spiro atoms. The van der Waals surface area contributed by atoms with Crippen molar-refractivity contribution in [2.75, 3.05) is 6.61 Å². The van der Waals surface area contributed by atoms with Gasteiger partial charge in [-0.05, 0) is 5.54 Å². The maximum absolute atomic E-state index is 11.9. The molecule has 4 heteroatoms. The molecule has 0 aliphatic carbocycles. The molecule has 1 aromatic rings. The number of fused-ring (bicyclic) bond motifs is 2. The molecule has 0 aromatic heterocycles. The number of Topliss-reactive ketones (excluding diaryl/α,β-unsaturated/α-hetero) is 1. The number of hydrogen-bond donors (Lipinski definition) is 0. The van der Waals surface area contributed by atoms with Crippen molar-refractivity contribution < 1.29 is 14.3 Å². The van der Waals surface area contributed by atoms with E-state index < -0.39 is 14.4 Å². The van der Waals surface area contributed by atoms with Gasteiger partial charge in [0.1, 0.15) is 0 Å². The molecule has 2 heterocycles. The van der Waals surface area contributed by atoms with Gasteiger partial charge in [0, 0.05) is 6.42 Å². The molecule has 1 aromatic carbocycles. The minimum atomic E-state index is -1.70. The Morgan fingerprint density at radius 2 is 1.94 bits per heavy atom. The van der Waals surface area contributed by atoms with Gasteiger partial charge in [-0.25, -0.2) is 0 Å². The fraction of sp³-hybridized carbons (Fsp3) is 0.500. The molecule has 3 rings (SSSR count). The summed E-state index contributed by atoms with van der Waals surface area (Å²) in [6.07, 6.45) is 0.144. The molecule has 18 heavy (non-hydrogen) atoms. The van der Waals surface area contributed by atoms with Crippen LogP contribution in [0.4, 0.5) is 0 Å². The zero-order chi connectivity index (χ0) is 12.8. The molecule has 0 unspecified atom stereocenters. The molecule has 0 amide bonds. The number of carbonyl (C=O) groups excluding carboxylic acids is 1. The summed E-state index contributed by atoms with van der Waals surface area (Å²) in [6, 6.07) is 10.5. The second kappa shape index (κ2) is 4.30. The molecule has 2 bridgehead atoms. The summed E-state index contributed by atoms with van der Waals surface area (Å²) in [5, 5.41) is 1.39. The normalized spacial score (nSPS) is 31.7. The van der Waals surface area contributed by atoms with Crippen LogP contribution in [-0.2, 0) is 14.3 Å². The molecule has 0 radical (unpaired) electrons. The predicted molar refractivity (Wildman–Crippen MR) is 71.5 cm³/mol. The average molecular weight is 262 g/mol. The molecular weight excluding hydrogens is 244 g/mol. The highest BCUT2D eigenvalue weighted by atomic mass is 28.3. The average Bonchev–Trinajstić information content (AvgIpc) is 2.80. The van der Waals surface area contributed by atoms with E-state index in [4.69, 9.17) is 9.47 Å². The molecule has 96 valence electrons. The lowest BCUT2D eigenvalue weighted by Crippen LogP contribution is -2.53. The molecular formula is C14H18O3Si. The van der Waals surface area contributed by atoms with Crippen molar-refractivity contribution in [1.82, 2.24) is 0 Å². The van der Waals surface area contributed by atoms with Crippen molar-refractivity contribution in [2.24, 2.45) is 0 Å². The van der Waals surface area contributed by atoms with Gasteiger partial charge in [-0.1, -0.05) is 48.6 Å². The zero-order valence-corrected chi connectivity index (χ0v) is 11.8. The summed E-state index contributed by atoms with van der Waals surface area (Å²) in [4.78, 5) is 11.9. The third-order valence-corrected chi connectivity index (χ3v) is 8.54. The Hall–Kier alpha value is -0.973. The van der Waals surface area contributed by atoms with E-state index in [2.05, 4.69) is 37.4 Å². The highest BCUT2D eigenvalue weighted by Gasteiger charge is 2.50. The van der Waals surface area contributed by atoms with Gasteiger partial charge in [-0.15, -0.1) is 0 Å². The van der Waals surface area contributed by atoms with Crippen molar-refractivity contribution >= 4 is 19.0 Å². The number of ketones is 1. The lowest BCUT2D eigenvalue weighted by Gasteiger charge is -2.38. The molecule has 3 atom stereocenters. The second-order valence-electron chi connectivity index (χ2n) is 5.70. The highest BCUT2D eigenvalue weighted by Crippen LogP contribution is 2.39. The third kappa shape index (κ3) is 1.85. The number of hydrogen-bond acceptors (Lipinski definition) is 3. The standard InChI is InChI=1S/C14H18O3Si/c1-18(2,10-6-4-3-5-7-10)13-8-11(15)14-16-9-12(13)17-14/h3-7,12-14H,8-9H2,1-2H3/t12-,13+,14-/m1/s1. The SMILES string of the molecule is C[Si](C)(c1ccccc1)[C@H]1CC(=O)[C@@H]2OC[C@H]1O2. The number of benzene rings is 1. The van der Waals surface area contributed by atoms with Crippen LogP contribution in [0, 0.1) is 0 Å². The van der Waals surface area contributed by atoms with E-state index in [9.17, 15) is 4.79 Å². The maximum Gasteiger partial charge on any atom is 0.218 e. The van der Waals surface area contributed by atoms with Crippen molar-refractivity contribution in [1.29, 1.82) is 0 Å². The van der Waals surface area contributed by atoms with Crippen molar-refractivity contribution in [3.63, 3.8) is 0 Å². The summed E-state index contributed by atoms with van der Waals surface area (Å²) < 4.78 is 11.1. The fourth-order valence-corrected chi connectivity index (χ4v) is 6.34. The summed E-state index contributed by atoms with van der Waals surface area (Å²) >= 11 is 0. The van der Waals surface area contributed by atoms with Crippen molar-refractivity contribution in [3.8, 4) is 0 Å². The molecule has 2 saturated heterocycles. The summed E-state index contributed by atoms with van der Waals surface area (Å²) in [5.74, 6) is 0.116. The van der Waals surface area contributed by atoms with Crippen LogP contribution < -0.4 is 5.19 Å². The van der Waals surface area contributed by atoms with E-state index in [1.807, 2.05) is 6.07 Å². The summed E-state index contributed by atoms with van der Waals surface area (Å²) in [7, 11) is -1.70. The topological polar surface area (TPSA) is 35.5 Å². The molecule has 2 aliphatic heterocycles. The first kappa shape index (κ1) is 12.1. The van der Waals surface area contributed by atoms with Gasteiger partial charge < -0.3 is 9.47 Å². The zero-order valence-electron chi connectivity index (χ0n) is 10.8. The third-order valence-electron chi connectivity index (χ3n) is 4.29. The Balaban J connectivity index is 1.91. The molecule has 0 saturated carbocycles. The van der Waals surface area contributed by atoms with E-state index >= 15 is 0 Å². The first-order valence-electron chi connectivity index (χ1n) is 6.44. The summed E-state index contributed by atoms with van der Waals surface area (Å²) in [5.41, 5.74) is 0.325. The largest absolute Gasteiger partial charge is 0.343 e. The first-order valence-corrected chi connectivity index (χ1v) is 9.52. The van der Waals surface area contributed by atoms with Gasteiger partial charge in [0.05, 0.1) is 20.8 Å². The Kier molecular flexibility index (Phi) is 2.88. The Morgan fingerprint density at radius 1 is 1.22 bits per heavy atom. The lowest BCUT2D eigenvalue weighted by molar-refractivity contribution is -0.152. The van der Waals surface area contributed by atoms with Gasteiger partial charge in [0.2, 0.25) is 6.29 Å².